The summed E-state index contributed by atoms with van der Waals surface area (Å²) in [5.41, 5.74) is 7.24. The van der Waals surface area contributed by atoms with Crippen molar-refractivity contribution < 1.29 is 14.3 Å². The van der Waals surface area contributed by atoms with Crippen LogP contribution in [0.25, 0.3) is 5.70 Å². The standard InChI is InChI=1S/C21H23NO3/c1-13-9-14(2)17-7-5-15(12-23)21(18(17)10-13)22-19-11-16(24-3)6-8-20(19)25-4/h6,8-12,22H,5,7H2,1-4H3. The molecule has 2 aromatic carbocycles. The van der Waals surface area contributed by atoms with Gasteiger partial charge in [0.15, 0.2) is 0 Å². The van der Waals surface area contributed by atoms with Gasteiger partial charge in [-0.15, -0.1) is 0 Å². The lowest BCUT2D eigenvalue weighted by molar-refractivity contribution is -0.105. The largest absolute Gasteiger partial charge is 0.497 e. The molecule has 0 radical (unpaired) electrons. The van der Waals surface area contributed by atoms with Crippen LogP contribution in [0.5, 0.6) is 11.5 Å². The van der Waals surface area contributed by atoms with Gasteiger partial charge in [0.1, 0.15) is 17.8 Å². The third-order valence-corrected chi connectivity index (χ3v) is 4.66. The third kappa shape index (κ3) is 3.25. The molecule has 0 unspecified atom stereocenters. The molecule has 0 saturated heterocycles. The zero-order valence-corrected chi connectivity index (χ0v) is 15.1. The average Bonchev–Trinajstić information content (AvgIpc) is 2.62. The molecule has 0 amide bonds. The van der Waals surface area contributed by atoms with Crippen LogP contribution >= 0.6 is 0 Å². The summed E-state index contributed by atoms with van der Waals surface area (Å²) in [6.07, 6.45) is 2.57. The number of benzene rings is 2. The van der Waals surface area contributed by atoms with Crippen molar-refractivity contribution in [1.82, 2.24) is 0 Å². The van der Waals surface area contributed by atoms with Crippen LogP contribution in [-0.4, -0.2) is 20.5 Å². The fraction of sp³-hybridized carbons (Fsp3) is 0.286. The monoisotopic (exact) mass is 337 g/mol. The predicted molar refractivity (Wildman–Crippen MR) is 100 cm³/mol. The summed E-state index contributed by atoms with van der Waals surface area (Å²) < 4.78 is 10.8. The fourth-order valence-corrected chi connectivity index (χ4v) is 3.42. The molecule has 0 fully saturated rings. The molecular formula is C21H23NO3. The van der Waals surface area contributed by atoms with Gasteiger partial charge in [-0.05, 0) is 56.0 Å². The Morgan fingerprint density at radius 2 is 1.84 bits per heavy atom. The van der Waals surface area contributed by atoms with Gasteiger partial charge >= 0.3 is 0 Å². The Morgan fingerprint density at radius 3 is 2.52 bits per heavy atom. The van der Waals surface area contributed by atoms with E-state index in [0.29, 0.717) is 5.75 Å². The van der Waals surface area contributed by atoms with Gasteiger partial charge < -0.3 is 14.8 Å². The molecule has 0 aromatic heterocycles. The fourth-order valence-electron chi connectivity index (χ4n) is 3.42. The van der Waals surface area contributed by atoms with E-state index < -0.39 is 0 Å². The number of fused-ring (bicyclic) bond motifs is 1. The molecule has 4 heteroatoms. The minimum absolute atomic E-state index is 0.704. The van der Waals surface area contributed by atoms with Crippen LogP contribution in [0.2, 0.25) is 0 Å². The second-order valence-corrected chi connectivity index (χ2v) is 6.32. The quantitative estimate of drug-likeness (QED) is 0.827. The van der Waals surface area contributed by atoms with Gasteiger partial charge in [0.2, 0.25) is 0 Å². The molecule has 0 atom stereocenters. The summed E-state index contributed by atoms with van der Waals surface area (Å²) in [6.45, 7) is 4.20. The zero-order chi connectivity index (χ0) is 18.0. The number of aryl methyl sites for hydroxylation is 2. The Kier molecular flexibility index (Phi) is 4.79. The molecule has 130 valence electrons. The predicted octanol–water partition coefficient (Wildman–Crippen LogP) is 4.29. The number of aldehydes is 1. The van der Waals surface area contributed by atoms with E-state index in [1.165, 1.54) is 16.7 Å². The Balaban J connectivity index is 2.13. The van der Waals surface area contributed by atoms with Crippen LogP contribution in [0.1, 0.15) is 28.7 Å². The molecule has 0 aliphatic heterocycles. The van der Waals surface area contributed by atoms with Gasteiger partial charge in [0.25, 0.3) is 0 Å². The molecule has 25 heavy (non-hydrogen) atoms. The van der Waals surface area contributed by atoms with Crippen molar-refractivity contribution in [1.29, 1.82) is 0 Å². The van der Waals surface area contributed by atoms with Crippen molar-refractivity contribution in [2.75, 3.05) is 19.5 Å². The number of rotatable bonds is 5. The lowest BCUT2D eigenvalue weighted by Crippen LogP contribution is -2.14. The Morgan fingerprint density at radius 1 is 1.04 bits per heavy atom. The summed E-state index contributed by atoms with van der Waals surface area (Å²) in [5.74, 6) is 1.43. The highest BCUT2D eigenvalue weighted by atomic mass is 16.5. The Bertz CT molecular complexity index is 852. The van der Waals surface area contributed by atoms with Crippen molar-refractivity contribution in [3.8, 4) is 11.5 Å². The van der Waals surface area contributed by atoms with E-state index in [4.69, 9.17) is 9.47 Å². The topological polar surface area (TPSA) is 47.6 Å². The van der Waals surface area contributed by atoms with E-state index in [9.17, 15) is 4.79 Å². The lowest BCUT2D eigenvalue weighted by Gasteiger charge is -2.25. The second kappa shape index (κ2) is 7.01. The van der Waals surface area contributed by atoms with E-state index in [-0.39, 0.29) is 0 Å². The van der Waals surface area contributed by atoms with E-state index in [1.807, 2.05) is 18.2 Å². The number of anilines is 1. The van der Waals surface area contributed by atoms with Crippen LogP contribution in [0.15, 0.2) is 35.9 Å². The molecule has 3 rings (SSSR count). The minimum Gasteiger partial charge on any atom is -0.497 e. The van der Waals surface area contributed by atoms with E-state index in [1.54, 1.807) is 14.2 Å². The average molecular weight is 337 g/mol. The number of carbonyl (C=O) groups is 1. The van der Waals surface area contributed by atoms with Gasteiger partial charge in [0, 0.05) is 17.2 Å². The lowest BCUT2D eigenvalue weighted by atomic mass is 9.86. The van der Waals surface area contributed by atoms with Gasteiger partial charge in [-0.2, -0.15) is 0 Å². The molecule has 1 aliphatic carbocycles. The third-order valence-electron chi connectivity index (χ3n) is 4.66. The van der Waals surface area contributed by atoms with Crippen LogP contribution < -0.4 is 14.8 Å². The van der Waals surface area contributed by atoms with E-state index >= 15 is 0 Å². The molecule has 0 bridgehead atoms. The van der Waals surface area contributed by atoms with Crippen LogP contribution in [0.4, 0.5) is 5.69 Å². The summed E-state index contributed by atoms with van der Waals surface area (Å²) in [5, 5.41) is 3.43. The first kappa shape index (κ1) is 17.1. The maximum absolute atomic E-state index is 11.7. The van der Waals surface area contributed by atoms with Crippen molar-refractivity contribution in [3.05, 3.63) is 58.2 Å². The summed E-state index contributed by atoms with van der Waals surface area (Å²) in [7, 11) is 3.26. The SMILES string of the molecule is COc1ccc(OC)c(NC2=C(C=O)CCc3c(C)cc(C)cc32)c1. The van der Waals surface area contributed by atoms with Crippen molar-refractivity contribution in [3.63, 3.8) is 0 Å². The maximum Gasteiger partial charge on any atom is 0.148 e. The molecular weight excluding hydrogens is 314 g/mol. The number of carbonyl (C=O) groups excluding carboxylic acids is 1. The summed E-state index contributed by atoms with van der Waals surface area (Å²) in [6, 6.07) is 9.91. The number of allylic oxidation sites excluding steroid dienone is 1. The molecule has 2 aromatic rings. The number of ether oxygens (including phenoxy) is 2. The van der Waals surface area contributed by atoms with Gasteiger partial charge in [-0.25, -0.2) is 0 Å². The van der Waals surface area contributed by atoms with Crippen LogP contribution in [-0.2, 0) is 11.2 Å². The highest BCUT2D eigenvalue weighted by Crippen LogP contribution is 2.37. The number of nitrogens with one attached hydrogen (secondary N) is 1. The van der Waals surface area contributed by atoms with Crippen molar-refractivity contribution in [2.45, 2.75) is 26.7 Å². The molecule has 4 nitrogen and oxygen atoms in total. The molecule has 1 N–H and O–H groups in total. The van der Waals surface area contributed by atoms with E-state index in [0.717, 1.165) is 47.4 Å². The van der Waals surface area contributed by atoms with Gasteiger partial charge in [-0.1, -0.05) is 11.6 Å². The minimum atomic E-state index is 0.704. The van der Waals surface area contributed by atoms with Gasteiger partial charge in [0.05, 0.1) is 25.6 Å². The zero-order valence-electron chi connectivity index (χ0n) is 15.1. The maximum atomic E-state index is 11.7. The first-order valence-corrected chi connectivity index (χ1v) is 8.35. The smallest absolute Gasteiger partial charge is 0.148 e. The van der Waals surface area contributed by atoms with Crippen molar-refractivity contribution >= 4 is 17.7 Å². The first-order valence-electron chi connectivity index (χ1n) is 8.35. The summed E-state index contributed by atoms with van der Waals surface area (Å²) in [4.78, 5) is 11.7. The molecule has 1 aliphatic rings. The molecule has 0 heterocycles. The second-order valence-electron chi connectivity index (χ2n) is 6.32. The van der Waals surface area contributed by atoms with Crippen molar-refractivity contribution in [2.24, 2.45) is 0 Å². The highest BCUT2D eigenvalue weighted by Gasteiger charge is 2.22. The molecule has 0 saturated carbocycles. The Labute approximate surface area is 148 Å². The first-order chi connectivity index (χ1) is 12.1. The van der Waals surface area contributed by atoms with Crippen LogP contribution in [0, 0.1) is 13.8 Å². The normalized spacial score (nSPS) is 13.3. The number of hydrogen-bond acceptors (Lipinski definition) is 4. The van der Waals surface area contributed by atoms with E-state index in [2.05, 4.69) is 31.3 Å². The molecule has 0 spiro atoms. The highest BCUT2D eigenvalue weighted by molar-refractivity contribution is 5.95. The number of methoxy groups -OCH3 is 2. The van der Waals surface area contributed by atoms with Crippen LogP contribution in [0.3, 0.4) is 0 Å². The number of hydrogen-bond donors (Lipinski definition) is 1. The Hall–Kier alpha value is -2.75. The van der Waals surface area contributed by atoms with Gasteiger partial charge in [-0.3, -0.25) is 4.79 Å². The summed E-state index contributed by atoms with van der Waals surface area (Å²) >= 11 is 0.